The van der Waals surface area contributed by atoms with Gasteiger partial charge in [-0.3, -0.25) is 10.9 Å². The Kier molecular flexibility index (Phi) is 11.0. The van der Waals surface area contributed by atoms with E-state index >= 15 is 0 Å². The van der Waals surface area contributed by atoms with E-state index in [4.69, 9.17) is 0 Å². The van der Waals surface area contributed by atoms with Crippen LogP contribution in [0.2, 0.25) is 0 Å². The number of hydrogen-bond acceptors (Lipinski definition) is 8. The first kappa shape index (κ1) is 32.7. The molecule has 3 fully saturated rings. The molecule has 0 spiro atoms. The third-order valence-corrected chi connectivity index (χ3v) is 10.7. The second kappa shape index (κ2) is 14.5. The molecule has 4 amide bonds. The van der Waals surface area contributed by atoms with Crippen LogP contribution >= 0.6 is 0 Å². The van der Waals surface area contributed by atoms with E-state index in [1.807, 2.05) is 23.6 Å². The first-order valence-electron chi connectivity index (χ1n) is 14.7. The molecule has 2 heterocycles. The number of benzene rings is 2. The highest BCUT2D eigenvalue weighted by Gasteiger charge is 2.37. The van der Waals surface area contributed by atoms with Crippen LogP contribution in [-0.4, -0.2) is 65.1 Å². The molecule has 12 nitrogen and oxygen atoms in total. The van der Waals surface area contributed by atoms with Gasteiger partial charge in [0.05, 0.1) is 9.79 Å². The highest BCUT2D eigenvalue weighted by molar-refractivity contribution is 7.90. The van der Waals surface area contributed by atoms with Gasteiger partial charge in [-0.25, -0.2) is 45.9 Å². The standard InChI is InChI=1S/C15H21N3O3S.C14H21N3O3S/c1-11-5-7-14(8-6-11)22(20,21)17-15(19)16-18-9-12-3-2-4-13(12)10-18;1-12-6-8-13(9-7-12)21(19,20)16-14(18)15-17-10-4-2-3-5-11-17/h5-8,12-13H,2-4,9-10H2,1H3,(H2,16,17,19);6-9H,2-5,10-11H2,1H3,(H2,15,16,18). The number of nitrogens with one attached hydrogen (secondary N) is 4. The molecule has 43 heavy (non-hydrogen) atoms. The number of hydrazine groups is 2. The maximum atomic E-state index is 12.1. The van der Waals surface area contributed by atoms with E-state index in [0.29, 0.717) is 11.8 Å². The fraction of sp³-hybridized carbons (Fsp3) is 0.517. The summed E-state index contributed by atoms with van der Waals surface area (Å²) in [7, 11) is -7.65. The van der Waals surface area contributed by atoms with Crippen molar-refractivity contribution < 1.29 is 26.4 Å². The van der Waals surface area contributed by atoms with E-state index in [1.54, 1.807) is 29.3 Å². The summed E-state index contributed by atoms with van der Waals surface area (Å²) in [6.07, 6.45) is 7.95. The van der Waals surface area contributed by atoms with Crippen LogP contribution in [0, 0.1) is 25.7 Å². The third kappa shape index (κ3) is 9.65. The molecule has 5 rings (SSSR count). The molecule has 14 heteroatoms. The highest BCUT2D eigenvalue weighted by atomic mass is 32.2. The number of urea groups is 2. The van der Waals surface area contributed by atoms with Gasteiger partial charge in [0.2, 0.25) is 0 Å². The number of fused-ring (bicyclic) bond motifs is 1. The lowest BCUT2D eigenvalue weighted by atomic mass is 10.0. The second-order valence-electron chi connectivity index (χ2n) is 11.5. The van der Waals surface area contributed by atoms with Crippen molar-refractivity contribution in [3.05, 3.63) is 59.7 Å². The van der Waals surface area contributed by atoms with Crippen molar-refractivity contribution in [3.63, 3.8) is 0 Å². The summed E-state index contributed by atoms with van der Waals surface area (Å²) >= 11 is 0. The van der Waals surface area contributed by atoms with Crippen LogP contribution in [0.15, 0.2) is 58.3 Å². The van der Waals surface area contributed by atoms with E-state index < -0.39 is 32.1 Å². The van der Waals surface area contributed by atoms with E-state index in [0.717, 1.165) is 63.0 Å². The zero-order valence-electron chi connectivity index (χ0n) is 24.7. The van der Waals surface area contributed by atoms with Crippen molar-refractivity contribution in [1.29, 1.82) is 0 Å². The molecule has 2 unspecified atom stereocenters. The molecule has 0 aromatic heterocycles. The Hall–Kier alpha value is -3.20. The smallest absolute Gasteiger partial charge is 0.270 e. The largest absolute Gasteiger partial charge is 0.343 e. The van der Waals surface area contributed by atoms with Crippen molar-refractivity contribution in [3.8, 4) is 0 Å². The number of amides is 4. The molecular formula is C29H42N6O6S2. The second-order valence-corrected chi connectivity index (χ2v) is 14.8. The van der Waals surface area contributed by atoms with Gasteiger partial charge in [0.15, 0.2) is 0 Å². The lowest BCUT2D eigenvalue weighted by Crippen LogP contribution is -2.49. The molecule has 2 atom stereocenters. The Morgan fingerprint density at radius 1 is 0.605 bits per heavy atom. The lowest BCUT2D eigenvalue weighted by molar-refractivity contribution is 0.184. The van der Waals surface area contributed by atoms with Gasteiger partial charge in [-0.05, 0) is 75.6 Å². The number of nitrogens with zero attached hydrogens (tertiary/aromatic N) is 2. The predicted octanol–water partition coefficient (Wildman–Crippen LogP) is 3.40. The van der Waals surface area contributed by atoms with E-state index in [9.17, 15) is 26.4 Å². The molecular weight excluding hydrogens is 592 g/mol. The van der Waals surface area contributed by atoms with Gasteiger partial charge in [0.1, 0.15) is 0 Å². The summed E-state index contributed by atoms with van der Waals surface area (Å²) in [5.74, 6) is 1.27. The summed E-state index contributed by atoms with van der Waals surface area (Å²) in [6, 6.07) is 11.3. The predicted molar refractivity (Wildman–Crippen MR) is 163 cm³/mol. The summed E-state index contributed by atoms with van der Waals surface area (Å²) in [5, 5.41) is 3.60. The van der Waals surface area contributed by atoms with Gasteiger partial charge < -0.3 is 0 Å². The minimum absolute atomic E-state index is 0.0825. The fourth-order valence-electron chi connectivity index (χ4n) is 5.64. The van der Waals surface area contributed by atoms with Gasteiger partial charge in [-0.15, -0.1) is 0 Å². The molecule has 2 aromatic carbocycles. The Labute approximate surface area is 254 Å². The molecule has 4 N–H and O–H groups in total. The summed E-state index contributed by atoms with van der Waals surface area (Å²) in [6.45, 7) is 6.86. The van der Waals surface area contributed by atoms with Gasteiger partial charge in [0, 0.05) is 26.2 Å². The Bertz CT molecular complexity index is 1450. The first-order chi connectivity index (χ1) is 20.4. The topological polar surface area (TPSA) is 157 Å². The van der Waals surface area contributed by atoms with Gasteiger partial charge in [-0.2, -0.15) is 0 Å². The van der Waals surface area contributed by atoms with Crippen LogP contribution in [0.4, 0.5) is 9.59 Å². The molecule has 3 aliphatic rings. The first-order valence-corrected chi connectivity index (χ1v) is 17.7. The van der Waals surface area contributed by atoms with Crippen molar-refractivity contribution in [2.75, 3.05) is 26.2 Å². The van der Waals surface area contributed by atoms with E-state index in [2.05, 4.69) is 15.6 Å². The van der Waals surface area contributed by atoms with E-state index in [1.165, 1.54) is 43.5 Å². The number of aryl methyl sites for hydroxylation is 2. The van der Waals surface area contributed by atoms with Crippen molar-refractivity contribution in [1.82, 2.24) is 30.3 Å². The zero-order valence-corrected chi connectivity index (χ0v) is 26.3. The molecule has 0 radical (unpaired) electrons. The van der Waals surface area contributed by atoms with Gasteiger partial charge in [0.25, 0.3) is 20.0 Å². The van der Waals surface area contributed by atoms with Crippen LogP contribution in [0.25, 0.3) is 0 Å². The van der Waals surface area contributed by atoms with Crippen molar-refractivity contribution in [2.24, 2.45) is 11.8 Å². The summed E-state index contributed by atoms with van der Waals surface area (Å²) < 4.78 is 52.5. The zero-order chi connectivity index (χ0) is 31.0. The number of hydrogen-bond donors (Lipinski definition) is 4. The van der Waals surface area contributed by atoms with Crippen LogP contribution in [-0.2, 0) is 20.0 Å². The number of carbonyl (C=O) groups is 2. The highest BCUT2D eigenvalue weighted by Crippen LogP contribution is 2.36. The Morgan fingerprint density at radius 3 is 1.42 bits per heavy atom. The number of carbonyl (C=O) groups excluding carboxylic acids is 2. The summed E-state index contributed by atoms with van der Waals surface area (Å²) in [4.78, 5) is 23.9. The van der Waals surface area contributed by atoms with Crippen LogP contribution < -0.4 is 20.3 Å². The minimum atomic E-state index is -3.83. The molecule has 1 saturated carbocycles. The van der Waals surface area contributed by atoms with Gasteiger partial charge in [-0.1, -0.05) is 54.7 Å². The average Bonchev–Trinajstić information content (AvgIpc) is 3.42. The number of rotatable bonds is 6. The monoisotopic (exact) mass is 634 g/mol. The average molecular weight is 635 g/mol. The molecule has 2 aliphatic heterocycles. The fourth-order valence-corrected chi connectivity index (χ4v) is 7.44. The van der Waals surface area contributed by atoms with Crippen LogP contribution in [0.1, 0.15) is 56.1 Å². The Balaban J connectivity index is 0.000000197. The minimum Gasteiger partial charge on any atom is -0.270 e. The molecule has 236 valence electrons. The van der Waals surface area contributed by atoms with Gasteiger partial charge >= 0.3 is 12.1 Å². The quantitative estimate of drug-likeness (QED) is 0.377. The molecule has 1 aliphatic carbocycles. The van der Waals surface area contributed by atoms with Crippen LogP contribution in [0.3, 0.4) is 0 Å². The maximum absolute atomic E-state index is 12.1. The molecule has 2 saturated heterocycles. The van der Waals surface area contributed by atoms with Crippen LogP contribution in [0.5, 0.6) is 0 Å². The lowest BCUT2D eigenvalue weighted by Gasteiger charge is -2.20. The summed E-state index contributed by atoms with van der Waals surface area (Å²) in [5.41, 5.74) is 7.17. The van der Waals surface area contributed by atoms with E-state index in [-0.39, 0.29) is 9.79 Å². The number of sulfonamides is 2. The normalized spacial score (nSPS) is 21.1. The SMILES string of the molecule is Cc1ccc(S(=O)(=O)NC(=O)NN2CC3CCCC3C2)cc1.Cc1ccc(S(=O)(=O)NC(=O)NN2CCCCCC2)cc1. The molecule has 0 bridgehead atoms. The molecule has 2 aromatic rings. The maximum Gasteiger partial charge on any atom is 0.343 e. The Morgan fingerprint density at radius 2 is 1.00 bits per heavy atom. The van der Waals surface area contributed by atoms with Crippen molar-refractivity contribution in [2.45, 2.75) is 68.6 Å². The van der Waals surface area contributed by atoms with Crippen molar-refractivity contribution >= 4 is 32.1 Å². The third-order valence-electron chi connectivity index (χ3n) is 7.97.